The molecule has 1 aliphatic rings. The number of rotatable bonds is 4. The highest BCUT2D eigenvalue weighted by molar-refractivity contribution is 5.96. The second kappa shape index (κ2) is 6.64. The van der Waals surface area contributed by atoms with Crippen LogP contribution >= 0.6 is 0 Å². The molecule has 0 aromatic heterocycles. The summed E-state index contributed by atoms with van der Waals surface area (Å²) in [6.07, 6.45) is 0. The van der Waals surface area contributed by atoms with Crippen LogP contribution in [0.15, 0.2) is 18.2 Å². The van der Waals surface area contributed by atoms with E-state index >= 15 is 0 Å². The zero-order chi connectivity index (χ0) is 15.4. The fraction of sp³-hybridized carbons (Fsp3) is 0.500. The minimum absolute atomic E-state index is 0.0280. The predicted molar refractivity (Wildman–Crippen MR) is 77.3 cm³/mol. The van der Waals surface area contributed by atoms with Gasteiger partial charge in [-0.1, -0.05) is 6.07 Å². The minimum atomic E-state index is -0.467. The summed E-state index contributed by atoms with van der Waals surface area (Å²) in [5, 5.41) is 19.8. The first-order chi connectivity index (χ1) is 10.0. The summed E-state index contributed by atoms with van der Waals surface area (Å²) >= 11 is 0. The molecule has 1 aliphatic heterocycles. The fourth-order valence-electron chi connectivity index (χ4n) is 2.54. The average molecular weight is 293 g/mol. The second-order valence-corrected chi connectivity index (χ2v) is 5.06. The van der Waals surface area contributed by atoms with E-state index in [1.165, 1.54) is 6.07 Å². The van der Waals surface area contributed by atoms with Crippen molar-refractivity contribution in [2.24, 2.45) is 0 Å². The maximum Gasteiger partial charge on any atom is 0.273 e. The quantitative estimate of drug-likeness (QED) is 0.650. The van der Waals surface area contributed by atoms with Crippen LogP contribution in [-0.2, 0) is 0 Å². The summed E-state index contributed by atoms with van der Waals surface area (Å²) in [6.45, 7) is 4.88. The first kappa shape index (κ1) is 15.4. The normalized spacial score (nSPS) is 16.0. The molecule has 1 aromatic carbocycles. The highest BCUT2D eigenvalue weighted by atomic mass is 16.6. The number of hydrogen-bond donors (Lipinski definition) is 1. The Morgan fingerprint density at radius 2 is 2.00 bits per heavy atom. The smallest absolute Gasteiger partial charge is 0.273 e. The third kappa shape index (κ3) is 3.37. The maximum absolute atomic E-state index is 12.5. The van der Waals surface area contributed by atoms with Crippen molar-refractivity contribution in [2.75, 3.05) is 39.3 Å². The van der Waals surface area contributed by atoms with Gasteiger partial charge in [-0.05, 0) is 13.0 Å². The van der Waals surface area contributed by atoms with Gasteiger partial charge in [-0.15, -0.1) is 0 Å². The Balaban J connectivity index is 2.11. The Morgan fingerprint density at radius 1 is 1.33 bits per heavy atom. The molecule has 1 aromatic rings. The van der Waals surface area contributed by atoms with Crippen molar-refractivity contribution in [1.29, 1.82) is 0 Å². The molecule has 1 heterocycles. The highest BCUT2D eigenvalue weighted by Crippen LogP contribution is 2.22. The summed E-state index contributed by atoms with van der Waals surface area (Å²) in [6, 6.07) is 4.58. The molecule has 0 unspecified atom stereocenters. The lowest BCUT2D eigenvalue weighted by molar-refractivity contribution is -0.385. The Bertz CT molecular complexity index is 539. The fourth-order valence-corrected chi connectivity index (χ4v) is 2.54. The number of carbonyl (C=O) groups excluding carboxylic acids is 1. The number of nitro groups is 1. The van der Waals surface area contributed by atoms with Gasteiger partial charge in [-0.25, -0.2) is 0 Å². The van der Waals surface area contributed by atoms with Crippen LogP contribution < -0.4 is 0 Å². The lowest BCUT2D eigenvalue weighted by atomic mass is 10.1. The largest absolute Gasteiger partial charge is 0.395 e. The Morgan fingerprint density at radius 3 is 2.57 bits per heavy atom. The molecule has 7 nitrogen and oxygen atoms in total. The minimum Gasteiger partial charge on any atom is -0.395 e. The van der Waals surface area contributed by atoms with Crippen LogP contribution in [0.1, 0.15) is 15.9 Å². The van der Waals surface area contributed by atoms with Gasteiger partial charge in [-0.3, -0.25) is 19.8 Å². The molecule has 7 heteroatoms. The number of amides is 1. The molecule has 1 fully saturated rings. The Labute approximate surface area is 122 Å². The molecule has 114 valence electrons. The Kier molecular flexibility index (Phi) is 4.87. The topological polar surface area (TPSA) is 86.9 Å². The van der Waals surface area contributed by atoms with Crippen LogP contribution in [0.3, 0.4) is 0 Å². The lowest BCUT2D eigenvalue weighted by Gasteiger charge is -2.34. The molecule has 0 atom stereocenters. The van der Waals surface area contributed by atoms with Gasteiger partial charge in [0.25, 0.3) is 11.6 Å². The molecule has 1 N–H and O–H groups in total. The summed E-state index contributed by atoms with van der Waals surface area (Å²) in [7, 11) is 0. The molecule has 0 spiro atoms. The van der Waals surface area contributed by atoms with Crippen LogP contribution in [0.2, 0.25) is 0 Å². The van der Waals surface area contributed by atoms with Crippen molar-refractivity contribution < 1.29 is 14.8 Å². The van der Waals surface area contributed by atoms with Crippen molar-refractivity contribution in [3.05, 3.63) is 39.4 Å². The monoisotopic (exact) mass is 293 g/mol. The van der Waals surface area contributed by atoms with Crippen molar-refractivity contribution in [2.45, 2.75) is 6.92 Å². The van der Waals surface area contributed by atoms with Crippen molar-refractivity contribution in [3.8, 4) is 0 Å². The molecule has 21 heavy (non-hydrogen) atoms. The molecular formula is C14H19N3O4. The number of aliphatic hydroxyl groups is 1. The third-order valence-corrected chi connectivity index (χ3v) is 3.81. The number of β-amino-alcohol motifs (C(OH)–C–C–N with tert-alkyl or cyclic N) is 1. The van der Waals surface area contributed by atoms with Crippen molar-refractivity contribution >= 4 is 11.6 Å². The predicted octanol–water partition coefficient (Wildman–Crippen LogP) is 0.653. The van der Waals surface area contributed by atoms with Crippen molar-refractivity contribution in [1.82, 2.24) is 9.80 Å². The van der Waals surface area contributed by atoms with Gasteiger partial charge in [-0.2, -0.15) is 0 Å². The maximum atomic E-state index is 12.5. The van der Waals surface area contributed by atoms with E-state index in [-0.39, 0.29) is 18.2 Å². The van der Waals surface area contributed by atoms with Crippen LogP contribution in [-0.4, -0.2) is 65.1 Å². The summed E-state index contributed by atoms with van der Waals surface area (Å²) < 4.78 is 0. The molecule has 0 radical (unpaired) electrons. The first-order valence-electron chi connectivity index (χ1n) is 6.91. The van der Waals surface area contributed by atoms with E-state index in [2.05, 4.69) is 4.90 Å². The van der Waals surface area contributed by atoms with E-state index in [9.17, 15) is 14.9 Å². The average Bonchev–Trinajstić information content (AvgIpc) is 2.47. The van der Waals surface area contributed by atoms with E-state index in [0.717, 1.165) is 0 Å². The SMILES string of the molecule is Cc1c(C(=O)N2CCN(CCO)CC2)cccc1[N+](=O)[O-]. The highest BCUT2D eigenvalue weighted by Gasteiger charge is 2.25. The van der Waals surface area contributed by atoms with Gasteiger partial charge >= 0.3 is 0 Å². The van der Waals surface area contributed by atoms with E-state index < -0.39 is 4.92 Å². The summed E-state index contributed by atoms with van der Waals surface area (Å²) in [4.78, 5) is 26.8. The van der Waals surface area contributed by atoms with Gasteiger partial charge in [0.15, 0.2) is 0 Å². The molecule has 2 rings (SSSR count). The molecule has 0 saturated carbocycles. The molecule has 1 saturated heterocycles. The third-order valence-electron chi connectivity index (χ3n) is 3.81. The van der Waals surface area contributed by atoms with Crippen LogP contribution in [0.4, 0.5) is 5.69 Å². The van der Waals surface area contributed by atoms with Crippen LogP contribution in [0.25, 0.3) is 0 Å². The van der Waals surface area contributed by atoms with Crippen molar-refractivity contribution in [3.63, 3.8) is 0 Å². The number of carbonyl (C=O) groups is 1. The van der Waals surface area contributed by atoms with E-state index in [1.807, 2.05) is 0 Å². The standard InChI is InChI=1S/C14H19N3O4/c1-11-12(3-2-4-13(11)17(20)21)14(19)16-7-5-15(6-8-16)9-10-18/h2-4,18H,5-10H2,1H3. The number of benzene rings is 1. The molecule has 0 bridgehead atoms. The molecule has 1 amide bonds. The van der Waals surface area contributed by atoms with Crippen LogP contribution in [0.5, 0.6) is 0 Å². The second-order valence-electron chi connectivity index (χ2n) is 5.06. The zero-order valence-electron chi connectivity index (χ0n) is 12.0. The first-order valence-corrected chi connectivity index (χ1v) is 6.91. The number of nitro benzene ring substituents is 1. The lowest BCUT2D eigenvalue weighted by Crippen LogP contribution is -2.49. The molecule has 0 aliphatic carbocycles. The Hall–Kier alpha value is -1.99. The van der Waals surface area contributed by atoms with Gasteiger partial charge in [0, 0.05) is 49.9 Å². The van der Waals surface area contributed by atoms with E-state index in [0.29, 0.717) is 43.9 Å². The van der Waals surface area contributed by atoms with Gasteiger partial charge in [0.2, 0.25) is 0 Å². The van der Waals surface area contributed by atoms with E-state index in [4.69, 9.17) is 5.11 Å². The van der Waals surface area contributed by atoms with Gasteiger partial charge < -0.3 is 10.0 Å². The summed E-state index contributed by atoms with van der Waals surface area (Å²) in [5.74, 6) is -0.167. The number of nitrogens with zero attached hydrogens (tertiary/aromatic N) is 3. The summed E-state index contributed by atoms with van der Waals surface area (Å²) in [5.41, 5.74) is 0.768. The zero-order valence-corrected chi connectivity index (χ0v) is 12.0. The van der Waals surface area contributed by atoms with Gasteiger partial charge in [0.05, 0.1) is 11.5 Å². The van der Waals surface area contributed by atoms with Gasteiger partial charge in [0.1, 0.15) is 0 Å². The van der Waals surface area contributed by atoms with Crippen LogP contribution in [0, 0.1) is 17.0 Å². The van der Waals surface area contributed by atoms with E-state index in [1.54, 1.807) is 24.0 Å². The number of hydrogen-bond acceptors (Lipinski definition) is 5. The number of aliphatic hydroxyl groups excluding tert-OH is 1. The molecular weight excluding hydrogens is 274 g/mol. The number of piperazine rings is 1.